The molecule has 6 heteroatoms. The summed E-state index contributed by atoms with van der Waals surface area (Å²) < 4.78 is 6.75. The minimum atomic E-state index is -0.165. The normalized spacial score (nSPS) is 31.1. The van der Waals surface area contributed by atoms with Crippen molar-refractivity contribution in [3.05, 3.63) is 197 Å². The van der Waals surface area contributed by atoms with Crippen molar-refractivity contribution >= 4 is 11.5 Å². The Kier molecular flexibility index (Phi) is 8.13. The third kappa shape index (κ3) is 5.73. The third-order valence-corrected chi connectivity index (χ3v) is 12.0. The first kappa shape index (κ1) is 32.1. The number of rotatable bonds is 6. The molecule has 4 aliphatic carbocycles. The number of hydrogen-bond acceptors (Lipinski definition) is 6. The van der Waals surface area contributed by atoms with Crippen molar-refractivity contribution < 1.29 is 4.74 Å². The summed E-state index contributed by atoms with van der Waals surface area (Å²) in [6.07, 6.45) is 30.3. The first-order chi connectivity index (χ1) is 26.2. The van der Waals surface area contributed by atoms with E-state index in [4.69, 9.17) is 9.73 Å². The first-order valence-corrected chi connectivity index (χ1v) is 19.2. The molecule has 3 heterocycles. The smallest absolute Gasteiger partial charge is 0.196 e. The number of aliphatic imine (C=N–C) groups is 1. The highest BCUT2D eigenvalue weighted by molar-refractivity contribution is 6.01. The minimum Gasteiger partial charge on any atom is -0.468 e. The number of allylic oxidation sites excluding steroid dienone is 8. The average molecular weight is 696 g/mol. The first-order valence-electron chi connectivity index (χ1n) is 19.2. The summed E-state index contributed by atoms with van der Waals surface area (Å²) in [5, 5.41) is 7.53. The van der Waals surface area contributed by atoms with Crippen molar-refractivity contribution in [2.75, 3.05) is 11.9 Å². The van der Waals surface area contributed by atoms with Gasteiger partial charge in [-0.05, 0) is 61.2 Å². The molecule has 0 bridgehead atoms. The monoisotopic (exact) mass is 695 g/mol. The standard InChI is InChI=1S/C47H45N5O/c1-51-45(34-15-7-3-8-16-34)49-44(33-23-21-32(22-24-33)31-13-5-2-6-14-31)50-46(51)35-25-27-37(28-26-35)52-40-20-12-11-19-38(40)42-41(52)30-29-39-43(42)53-47(48-39)36-17-9-4-10-18-36/h2-7,9-15,17-21,23-30,32,38,40-42,45-48H,8,16,22H2,1H3,(H,49,50). The van der Waals surface area contributed by atoms with Gasteiger partial charge in [0.25, 0.3) is 0 Å². The van der Waals surface area contributed by atoms with E-state index in [0.717, 1.165) is 42.1 Å². The molecule has 10 rings (SSSR count). The van der Waals surface area contributed by atoms with Crippen LogP contribution in [0.3, 0.4) is 0 Å². The van der Waals surface area contributed by atoms with E-state index < -0.39 is 0 Å². The molecule has 8 atom stereocenters. The lowest BCUT2D eigenvalue weighted by Crippen LogP contribution is -2.50. The summed E-state index contributed by atoms with van der Waals surface area (Å²) in [6.45, 7) is 0. The predicted octanol–water partition coefficient (Wildman–Crippen LogP) is 8.91. The van der Waals surface area contributed by atoms with Crippen LogP contribution >= 0.6 is 0 Å². The van der Waals surface area contributed by atoms with Crippen molar-refractivity contribution in [2.24, 2.45) is 16.8 Å². The summed E-state index contributed by atoms with van der Waals surface area (Å²) >= 11 is 0. The maximum atomic E-state index is 6.75. The zero-order chi connectivity index (χ0) is 35.3. The van der Waals surface area contributed by atoms with E-state index >= 15 is 0 Å². The Hall–Kier alpha value is -5.59. The van der Waals surface area contributed by atoms with Gasteiger partial charge in [-0.3, -0.25) is 4.90 Å². The van der Waals surface area contributed by atoms with Crippen LogP contribution in [0.1, 0.15) is 54.3 Å². The lowest BCUT2D eigenvalue weighted by Gasteiger charge is -2.41. The van der Waals surface area contributed by atoms with Crippen molar-refractivity contribution in [1.82, 2.24) is 15.5 Å². The van der Waals surface area contributed by atoms with Crippen LogP contribution in [0.5, 0.6) is 0 Å². The number of nitrogens with one attached hydrogen (secondary N) is 2. The molecule has 264 valence electrons. The number of hydrogen-bond donors (Lipinski definition) is 2. The fourth-order valence-electron chi connectivity index (χ4n) is 9.36. The molecule has 0 aromatic heterocycles. The number of amidine groups is 1. The molecule has 0 spiro atoms. The maximum absolute atomic E-state index is 6.75. The van der Waals surface area contributed by atoms with Crippen LogP contribution in [-0.2, 0) is 4.74 Å². The van der Waals surface area contributed by atoms with Gasteiger partial charge in [0, 0.05) is 28.7 Å². The van der Waals surface area contributed by atoms with Gasteiger partial charge in [0.1, 0.15) is 23.9 Å². The van der Waals surface area contributed by atoms with E-state index in [1.165, 1.54) is 28.0 Å². The van der Waals surface area contributed by atoms with Crippen LogP contribution in [0.25, 0.3) is 0 Å². The molecule has 0 radical (unpaired) electrons. The summed E-state index contributed by atoms with van der Waals surface area (Å²) in [6, 6.07) is 31.0. The molecular weight excluding hydrogens is 651 g/mol. The molecule has 6 nitrogen and oxygen atoms in total. The van der Waals surface area contributed by atoms with E-state index in [9.17, 15) is 0 Å². The molecule has 53 heavy (non-hydrogen) atoms. The van der Waals surface area contributed by atoms with Gasteiger partial charge in [-0.15, -0.1) is 0 Å². The number of ether oxygens (including phenoxy) is 1. The number of anilines is 1. The molecule has 3 aromatic rings. The molecule has 0 amide bonds. The second-order valence-corrected chi connectivity index (χ2v) is 15.1. The fourth-order valence-corrected chi connectivity index (χ4v) is 9.36. The van der Waals surface area contributed by atoms with Crippen LogP contribution in [0.4, 0.5) is 5.69 Å². The predicted molar refractivity (Wildman–Crippen MR) is 214 cm³/mol. The third-order valence-electron chi connectivity index (χ3n) is 12.0. The quantitative estimate of drug-likeness (QED) is 0.270. The minimum absolute atomic E-state index is 0.0266. The molecular formula is C47H45N5O. The second kappa shape index (κ2) is 13.4. The highest BCUT2D eigenvalue weighted by Crippen LogP contribution is 2.50. The van der Waals surface area contributed by atoms with Crippen molar-refractivity contribution in [3.8, 4) is 0 Å². The SMILES string of the molecule is CN1C(C2=CC=CCC2)N=C(C2=CCC(c3ccccc3)C=C2)NC1c1ccc(N2C3C=CC=CC3C3C4=C(C=CC32)NC(c2ccccc2)O4)cc1. The van der Waals surface area contributed by atoms with Gasteiger partial charge in [-0.2, -0.15) is 0 Å². The van der Waals surface area contributed by atoms with E-state index in [1.54, 1.807) is 0 Å². The highest BCUT2D eigenvalue weighted by Gasteiger charge is 2.52. The maximum Gasteiger partial charge on any atom is 0.196 e. The van der Waals surface area contributed by atoms with Crippen molar-refractivity contribution in [2.45, 2.75) is 55.8 Å². The van der Waals surface area contributed by atoms with Crippen LogP contribution in [0.15, 0.2) is 185 Å². The summed E-state index contributed by atoms with van der Waals surface area (Å²) in [4.78, 5) is 10.4. The second-order valence-electron chi connectivity index (χ2n) is 15.1. The Morgan fingerprint density at radius 3 is 2.30 bits per heavy atom. The largest absolute Gasteiger partial charge is 0.468 e. The average Bonchev–Trinajstić information content (AvgIpc) is 3.82. The van der Waals surface area contributed by atoms with E-state index in [2.05, 4.69) is 185 Å². The zero-order valence-corrected chi connectivity index (χ0v) is 30.0. The molecule has 7 aliphatic rings. The Labute approximate surface area is 312 Å². The van der Waals surface area contributed by atoms with Gasteiger partial charge >= 0.3 is 0 Å². The molecule has 1 saturated heterocycles. The number of likely N-dealkylation sites (N-methyl/N-ethyl adjacent to an activating group) is 1. The molecule has 0 saturated carbocycles. The van der Waals surface area contributed by atoms with Crippen LogP contribution in [0, 0.1) is 11.8 Å². The lowest BCUT2D eigenvalue weighted by molar-refractivity contribution is 0.102. The molecule has 3 aromatic carbocycles. The lowest BCUT2D eigenvalue weighted by atomic mass is 9.81. The molecule has 2 N–H and O–H groups in total. The number of benzene rings is 3. The Balaban J connectivity index is 0.926. The van der Waals surface area contributed by atoms with Crippen molar-refractivity contribution in [3.63, 3.8) is 0 Å². The summed E-state index contributed by atoms with van der Waals surface area (Å²) in [7, 11) is 2.21. The van der Waals surface area contributed by atoms with Crippen LogP contribution < -0.4 is 15.5 Å². The van der Waals surface area contributed by atoms with Gasteiger partial charge in [0.05, 0.1) is 23.7 Å². The summed E-state index contributed by atoms with van der Waals surface area (Å²) in [5.74, 6) is 2.99. The van der Waals surface area contributed by atoms with E-state index in [0.29, 0.717) is 11.8 Å². The highest BCUT2D eigenvalue weighted by atomic mass is 16.5. The number of fused-ring (bicyclic) bond motifs is 4. The van der Waals surface area contributed by atoms with Crippen LogP contribution in [0.2, 0.25) is 0 Å². The van der Waals surface area contributed by atoms with E-state index in [1.807, 2.05) is 0 Å². The Morgan fingerprint density at radius 2 is 1.55 bits per heavy atom. The summed E-state index contributed by atoms with van der Waals surface area (Å²) in [5.41, 5.74) is 8.60. The molecule has 3 aliphatic heterocycles. The van der Waals surface area contributed by atoms with Gasteiger partial charge < -0.3 is 20.3 Å². The molecule has 1 fully saturated rings. The number of nitrogens with zero attached hydrogens (tertiary/aromatic N) is 3. The van der Waals surface area contributed by atoms with E-state index in [-0.39, 0.29) is 36.6 Å². The Bertz CT molecular complexity index is 2150. The topological polar surface area (TPSA) is 52.1 Å². The van der Waals surface area contributed by atoms with Gasteiger partial charge in [0.15, 0.2) is 6.23 Å². The van der Waals surface area contributed by atoms with Crippen LogP contribution in [-0.4, -0.2) is 36.0 Å². The fraction of sp³-hybridized carbons (Fsp3) is 0.255. The van der Waals surface area contributed by atoms with Crippen molar-refractivity contribution in [1.29, 1.82) is 0 Å². The van der Waals surface area contributed by atoms with Gasteiger partial charge in [0.2, 0.25) is 0 Å². The van der Waals surface area contributed by atoms with Gasteiger partial charge in [-0.1, -0.05) is 140 Å². The zero-order valence-electron chi connectivity index (χ0n) is 30.0. The van der Waals surface area contributed by atoms with Gasteiger partial charge in [-0.25, -0.2) is 4.99 Å². The molecule has 8 unspecified atom stereocenters. The Morgan fingerprint density at radius 1 is 0.755 bits per heavy atom.